The molecule has 0 spiro atoms. The van der Waals surface area contributed by atoms with E-state index in [1.54, 1.807) is 36.4 Å². The van der Waals surface area contributed by atoms with Gasteiger partial charge in [-0.3, -0.25) is 19.3 Å². The summed E-state index contributed by atoms with van der Waals surface area (Å²) < 4.78 is 15.7. The Labute approximate surface area is 271 Å². The maximum atomic E-state index is 13.6. The molecular formula is C38H31NO8. The molecule has 7 rings (SSSR count). The summed E-state index contributed by atoms with van der Waals surface area (Å²) in [5.41, 5.74) is 2.42. The van der Waals surface area contributed by atoms with Crippen molar-refractivity contribution in [3.8, 4) is 11.5 Å². The zero-order valence-corrected chi connectivity index (χ0v) is 25.5. The van der Waals surface area contributed by atoms with E-state index in [9.17, 15) is 24.0 Å². The van der Waals surface area contributed by atoms with Crippen LogP contribution in [0.3, 0.4) is 0 Å². The third-order valence-electron chi connectivity index (χ3n) is 9.63. The highest BCUT2D eigenvalue weighted by Gasteiger charge is 2.64. The molecule has 9 heteroatoms. The predicted octanol–water partition coefficient (Wildman–Crippen LogP) is 5.88. The van der Waals surface area contributed by atoms with Gasteiger partial charge in [0.25, 0.3) is 0 Å². The molecule has 236 valence electrons. The van der Waals surface area contributed by atoms with Gasteiger partial charge in [-0.05, 0) is 103 Å². The molecule has 5 atom stereocenters. The van der Waals surface area contributed by atoms with Crippen LogP contribution >= 0.6 is 0 Å². The molecule has 3 fully saturated rings. The van der Waals surface area contributed by atoms with Crippen LogP contribution in [0.15, 0.2) is 103 Å². The number of carbonyl (C=O) groups is 5. The molecule has 2 amide bonds. The van der Waals surface area contributed by atoms with E-state index in [0.717, 1.165) is 12.8 Å². The highest BCUT2D eigenvalue weighted by Crippen LogP contribution is 2.61. The summed E-state index contributed by atoms with van der Waals surface area (Å²) in [7, 11) is 1.50. The number of methoxy groups -OCH3 is 1. The van der Waals surface area contributed by atoms with Crippen molar-refractivity contribution in [2.45, 2.75) is 18.8 Å². The van der Waals surface area contributed by atoms with Crippen LogP contribution in [0.2, 0.25) is 0 Å². The molecule has 47 heavy (non-hydrogen) atoms. The van der Waals surface area contributed by atoms with E-state index in [1.807, 2.05) is 18.2 Å². The van der Waals surface area contributed by atoms with Gasteiger partial charge < -0.3 is 14.2 Å². The highest BCUT2D eigenvalue weighted by atomic mass is 16.5. The number of anilines is 1. The topological polar surface area (TPSA) is 116 Å². The Kier molecular flexibility index (Phi) is 7.89. The van der Waals surface area contributed by atoms with Crippen LogP contribution in [0.4, 0.5) is 5.69 Å². The Bertz CT molecular complexity index is 1870. The summed E-state index contributed by atoms with van der Waals surface area (Å²) >= 11 is 0. The summed E-state index contributed by atoms with van der Waals surface area (Å²) in [6, 6.07) is 28.8. The molecule has 4 aromatic carbocycles. The monoisotopic (exact) mass is 629 g/mol. The quantitative estimate of drug-likeness (QED) is 0.0975. The molecule has 4 aromatic rings. The molecule has 0 N–H and O–H groups in total. The third-order valence-corrected chi connectivity index (χ3v) is 9.63. The average Bonchev–Trinajstić information content (AvgIpc) is 3.78. The average molecular weight is 630 g/mol. The molecule has 0 unspecified atom stereocenters. The molecule has 2 aliphatic carbocycles. The summed E-state index contributed by atoms with van der Waals surface area (Å²) in [6.45, 7) is -0.499. The summed E-state index contributed by atoms with van der Waals surface area (Å²) in [6.07, 6.45) is 1.81. The molecule has 1 aliphatic heterocycles. The first-order valence-electron chi connectivity index (χ1n) is 15.5. The van der Waals surface area contributed by atoms with Gasteiger partial charge in [0.1, 0.15) is 11.5 Å². The zero-order valence-electron chi connectivity index (χ0n) is 25.5. The number of imide groups is 1. The van der Waals surface area contributed by atoms with Crippen molar-refractivity contribution < 1.29 is 38.2 Å². The van der Waals surface area contributed by atoms with E-state index in [-0.39, 0.29) is 58.3 Å². The van der Waals surface area contributed by atoms with Gasteiger partial charge in [-0.25, -0.2) is 9.59 Å². The molecule has 2 saturated carbocycles. The maximum absolute atomic E-state index is 13.6. The minimum atomic E-state index is -0.714. The van der Waals surface area contributed by atoms with Crippen molar-refractivity contribution in [3.63, 3.8) is 0 Å². The van der Waals surface area contributed by atoms with Crippen molar-refractivity contribution in [2.75, 3.05) is 18.6 Å². The van der Waals surface area contributed by atoms with Crippen LogP contribution in [0.25, 0.3) is 0 Å². The van der Waals surface area contributed by atoms with E-state index in [4.69, 9.17) is 14.2 Å². The van der Waals surface area contributed by atoms with Gasteiger partial charge in [-0.15, -0.1) is 0 Å². The number of benzene rings is 4. The number of carbonyl (C=O) groups excluding carboxylic acids is 5. The molecule has 1 saturated heterocycles. The first-order valence-corrected chi connectivity index (χ1v) is 15.5. The fourth-order valence-corrected chi connectivity index (χ4v) is 7.47. The first kappa shape index (κ1) is 30.1. The largest absolute Gasteiger partial charge is 0.497 e. The van der Waals surface area contributed by atoms with Crippen LogP contribution in [0.5, 0.6) is 11.5 Å². The van der Waals surface area contributed by atoms with Gasteiger partial charge >= 0.3 is 11.9 Å². The van der Waals surface area contributed by atoms with Crippen LogP contribution in [-0.2, 0) is 14.3 Å². The van der Waals surface area contributed by atoms with E-state index in [2.05, 4.69) is 12.1 Å². The summed E-state index contributed by atoms with van der Waals surface area (Å²) in [4.78, 5) is 66.2. The molecule has 0 radical (unpaired) electrons. The normalized spacial score (nSPS) is 22.6. The number of ketones is 1. The van der Waals surface area contributed by atoms with Gasteiger partial charge in [0.05, 0.1) is 35.8 Å². The number of esters is 2. The van der Waals surface area contributed by atoms with Crippen molar-refractivity contribution >= 4 is 35.2 Å². The molecular weight excluding hydrogens is 598 g/mol. The smallest absolute Gasteiger partial charge is 0.343 e. The molecule has 1 heterocycles. The van der Waals surface area contributed by atoms with E-state index in [0.29, 0.717) is 17.0 Å². The number of hydrogen-bond acceptors (Lipinski definition) is 8. The molecule has 3 aliphatic rings. The van der Waals surface area contributed by atoms with Crippen LogP contribution in [0, 0.1) is 23.7 Å². The van der Waals surface area contributed by atoms with E-state index >= 15 is 0 Å². The minimum Gasteiger partial charge on any atom is -0.497 e. The molecule has 0 aromatic heterocycles. The van der Waals surface area contributed by atoms with Crippen LogP contribution in [-0.4, -0.2) is 43.3 Å². The second-order valence-corrected chi connectivity index (χ2v) is 12.2. The Morgan fingerprint density at radius 2 is 1.40 bits per heavy atom. The Morgan fingerprint density at radius 1 is 0.702 bits per heavy atom. The number of ether oxygens (including phenoxy) is 3. The number of hydrogen-bond donors (Lipinski definition) is 0. The fraction of sp³-hybridized carbons (Fsp3) is 0.237. The summed E-state index contributed by atoms with van der Waals surface area (Å²) in [5.74, 6) is -1.31. The lowest BCUT2D eigenvalue weighted by atomic mass is 9.73. The van der Waals surface area contributed by atoms with E-state index in [1.165, 1.54) is 54.0 Å². The predicted molar refractivity (Wildman–Crippen MR) is 170 cm³/mol. The number of nitrogens with zero attached hydrogens (tertiary/aromatic N) is 1. The second kappa shape index (κ2) is 12.3. The lowest BCUT2D eigenvalue weighted by Crippen LogP contribution is -2.33. The lowest BCUT2D eigenvalue weighted by molar-refractivity contribution is -0.123. The lowest BCUT2D eigenvalue weighted by Gasteiger charge is -2.28. The van der Waals surface area contributed by atoms with Gasteiger partial charge in [0.2, 0.25) is 11.8 Å². The summed E-state index contributed by atoms with van der Waals surface area (Å²) in [5, 5.41) is 0. The van der Waals surface area contributed by atoms with Gasteiger partial charge in [0.15, 0.2) is 12.4 Å². The Hall–Kier alpha value is -5.57. The van der Waals surface area contributed by atoms with Crippen molar-refractivity contribution in [1.82, 2.24) is 0 Å². The number of Topliss-reactive ketones (excluding diaryl/α,β-unsaturated/α-hetero) is 1. The fourth-order valence-electron chi connectivity index (χ4n) is 7.47. The highest BCUT2D eigenvalue weighted by molar-refractivity contribution is 6.22. The van der Waals surface area contributed by atoms with Gasteiger partial charge in [-0.1, -0.05) is 36.4 Å². The standard InChI is InChI=1S/C38H31NO8/c1-45-29-9-5-8-25(18-29)38(44)47-28-16-12-23(13-17-28)32(40)21-46-37(43)24-10-14-27(15-11-24)39-35(41)33-26-19-30(22-6-3-2-4-7-22)31(20-26)34(33)36(39)42/h2-18,26,30-31,33-34H,19-21H2,1H3/t26-,30-,31+,33+,34+/m0/s1. The third kappa shape index (κ3) is 5.58. The van der Waals surface area contributed by atoms with Crippen molar-refractivity contribution in [3.05, 3.63) is 125 Å². The number of amides is 2. The minimum absolute atomic E-state index is 0.144. The second-order valence-electron chi connectivity index (χ2n) is 12.2. The van der Waals surface area contributed by atoms with Crippen LogP contribution < -0.4 is 14.4 Å². The number of rotatable bonds is 9. The van der Waals surface area contributed by atoms with E-state index < -0.39 is 24.3 Å². The Morgan fingerprint density at radius 3 is 2.13 bits per heavy atom. The SMILES string of the molecule is COc1cccc(C(=O)Oc2ccc(C(=O)COC(=O)c3ccc(N4C(=O)[C@@H]5[C@@H]6C[C@@H]([C@H]5C4=O)[C@H](c4ccccc4)C6)cc3)cc2)c1. The van der Waals surface area contributed by atoms with Gasteiger partial charge in [-0.2, -0.15) is 0 Å². The molecule has 2 bridgehead atoms. The Balaban J connectivity index is 0.943. The zero-order chi connectivity index (χ0) is 32.7. The van der Waals surface area contributed by atoms with Crippen LogP contribution in [0.1, 0.15) is 55.4 Å². The molecule has 9 nitrogen and oxygen atoms in total. The van der Waals surface area contributed by atoms with Crippen molar-refractivity contribution in [1.29, 1.82) is 0 Å². The number of fused-ring (bicyclic) bond motifs is 5. The van der Waals surface area contributed by atoms with Crippen molar-refractivity contribution in [2.24, 2.45) is 23.7 Å². The maximum Gasteiger partial charge on any atom is 0.343 e. The van der Waals surface area contributed by atoms with Gasteiger partial charge in [0, 0.05) is 5.56 Å². The first-order chi connectivity index (χ1) is 22.8.